The quantitative estimate of drug-likeness (QED) is 0.543. The molecule has 0 fully saturated rings. The van der Waals surface area contributed by atoms with Gasteiger partial charge in [0, 0.05) is 0 Å². The second-order valence-corrected chi connectivity index (χ2v) is 8.85. The van der Waals surface area contributed by atoms with E-state index >= 15 is 0 Å². The minimum atomic E-state index is 0.697. The molecule has 0 spiro atoms. The van der Waals surface area contributed by atoms with Gasteiger partial charge in [0.25, 0.3) is 0 Å². The predicted molar refractivity (Wildman–Crippen MR) is 82.3 cm³/mol. The highest BCUT2D eigenvalue weighted by Gasteiger charge is 2.18. The summed E-state index contributed by atoms with van der Waals surface area (Å²) < 4.78 is 3.34. The molecule has 0 amide bonds. The highest BCUT2D eigenvalue weighted by Crippen LogP contribution is 2.50. The fourth-order valence-electron chi connectivity index (χ4n) is 1.10. The molecule has 0 aliphatic carbocycles. The summed E-state index contributed by atoms with van der Waals surface area (Å²) in [7, 11) is 0. The van der Waals surface area contributed by atoms with E-state index in [4.69, 9.17) is 46.4 Å². The Morgan fingerprint density at radius 2 is 1.12 bits per heavy atom. The molecule has 7 heteroatoms. The minimum absolute atomic E-state index is 0.697. The molecular weight excluding hydrogens is 358 g/mol. The fraction of sp³-hybridized carbons (Fsp3) is 0.200. The molecule has 0 aliphatic heterocycles. The van der Waals surface area contributed by atoms with Gasteiger partial charge in [0.15, 0.2) is 0 Å². The Kier molecular flexibility index (Phi) is 4.63. The van der Waals surface area contributed by atoms with Gasteiger partial charge in [0.05, 0.1) is 27.1 Å². The maximum Gasteiger partial charge on any atom is 0.0984 e. The maximum atomic E-state index is 6.20. The van der Waals surface area contributed by atoms with Crippen molar-refractivity contribution < 1.29 is 0 Å². The van der Waals surface area contributed by atoms with Crippen molar-refractivity contribution in [2.24, 2.45) is 0 Å². The Morgan fingerprint density at radius 3 is 1.35 bits per heavy atom. The molecule has 0 saturated carbocycles. The third-order valence-electron chi connectivity index (χ3n) is 2.16. The van der Waals surface area contributed by atoms with Gasteiger partial charge < -0.3 is 0 Å². The molecule has 92 valence electrons. The first-order valence-electron chi connectivity index (χ1n) is 4.48. The molecule has 0 atom stereocenters. The van der Waals surface area contributed by atoms with E-state index in [1.807, 2.05) is 13.8 Å². The fourth-order valence-corrected chi connectivity index (χ4v) is 6.35. The summed E-state index contributed by atoms with van der Waals surface area (Å²) in [6, 6.07) is 0. The Morgan fingerprint density at radius 1 is 0.765 bits per heavy atom. The van der Waals surface area contributed by atoms with Crippen molar-refractivity contribution in [2.75, 3.05) is 0 Å². The van der Waals surface area contributed by atoms with E-state index in [1.165, 1.54) is 34.4 Å². The third kappa shape index (κ3) is 2.76. The van der Waals surface area contributed by atoms with Crippen LogP contribution in [0, 0.1) is 13.8 Å². The molecule has 2 rings (SSSR count). The zero-order valence-electron chi connectivity index (χ0n) is 8.74. The predicted octanol–water partition coefficient (Wildman–Crippen LogP) is 7.19. The molecule has 17 heavy (non-hydrogen) atoms. The van der Waals surface area contributed by atoms with Crippen molar-refractivity contribution in [1.29, 1.82) is 0 Å². The molecule has 0 saturated heterocycles. The first-order chi connectivity index (χ1) is 7.91. The summed E-state index contributed by atoms with van der Waals surface area (Å²) in [5.74, 6) is 0. The van der Waals surface area contributed by atoms with Crippen LogP contribution >= 0.6 is 80.8 Å². The molecule has 0 aromatic carbocycles. The lowest BCUT2D eigenvalue weighted by atomic mass is 10.4. The first kappa shape index (κ1) is 14.3. The number of hydrogen-bond donors (Lipinski definition) is 0. The average molecular weight is 364 g/mol. The SMILES string of the molecule is Cc1c(Cl)sc(Sc2sc(Cl)c(C)c2Cl)c1Cl. The molecule has 0 unspecified atom stereocenters. The van der Waals surface area contributed by atoms with Crippen molar-refractivity contribution in [1.82, 2.24) is 0 Å². The standard InChI is InChI=1S/C10H6Cl4S3/c1-3-5(11)9(15-7(3)13)17-10-6(12)4(2)8(14)16-10/h1-2H3. The lowest BCUT2D eigenvalue weighted by Gasteiger charge is -1.96. The summed E-state index contributed by atoms with van der Waals surface area (Å²) in [4.78, 5) is 0. The van der Waals surface area contributed by atoms with E-state index in [1.54, 1.807) is 0 Å². The zero-order valence-corrected chi connectivity index (χ0v) is 14.2. The second kappa shape index (κ2) is 5.49. The van der Waals surface area contributed by atoms with Gasteiger partial charge in [-0.15, -0.1) is 22.7 Å². The number of hydrogen-bond acceptors (Lipinski definition) is 3. The Balaban J connectivity index is 2.38. The monoisotopic (exact) mass is 362 g/mol. The molecule has 0 bridgehead atoms. The van der Waals surface area contributed by atoms with Crippen molar-refractivity contribution in [3.05, 3.63) is 29.8 Å². The topological polar surface area (TPSA) is 0 Å². The van der Waals surface area contributed by atoms with Crippen LogP contribution in [0.5, 0.6) is 0 Å². The summed E-state index contributed by atoms with van der Waals surface area (Å²) in [5, 5.41) is 1.39. The number of thiophene rings is 2. The lowest BCUT2D eigenvalue weighted by molar-refractivity contribution is 1.49. The van der Waals surface area contributed by atoms with Crippen LogP contribution in [0.25, 0.3) is 0 Å². The van der Waals surface area contributed by atoms with Gasteiger partial charge in [-0.05, 0) is 25.0 Å². The van der Waals surface area contributed by atoms with Gasteiger partial charge in [0.1, 0.15) is 0 Å². The minimum Gasteiger partial charge on any atom is -0.115 e. The van der Waals surface area contributed by atoms with E-state index in [0.29, 0.717) is 18.7 Å². The van der Waals surface area contributed by atoms with E-state index in [0.717, 1.165) is 19.5 Å². The van der Waals surface area contributed by atoms with E-state index in [2.05, 4.69) is 0 Å². The third-order valence-corrected chi connectivity index (χ3v) is 8.11. The van der Waals surface area contributed by atoms with Crippen LogP contribution < -0.4 is 0 Å². The Labute approximate surface area is 132 Å². The normalized spacial score (nSPS) is 11.2. The van der Waals surface area contributed by atoms with Crippen molar-refractivity contribution in [3.63, 3.8) is 0 Å². The molecule has 0 N–H and O–H groups in total. The molecule has 0 nitrogen and oxygen atoms in total. The van der Waals surface area contributed by atoms with Gasteiger partial charge >= 0.3 is 0 Å². The van der Waals surface area contributed by atoms with Crippen molar-refractivity contribution in [3.8, 4) is 0 Å². The Hall–Kier alpha value is 0.910. The van der Waals surface area contributed by atoms with Crippen LogP contribution in [0.3, 0.4) is 0 Å². The number of rotatable bonds is 2. The smallest absolute Gasteiger partial charge is 0.0984 e. The van der Waals surface area contributed by atoms with Crippen LogP contribution in [0.2, 0.25) is 18.7 Å². The second-order valence-electron chi connectivity index (χ2n) is 3.31. The van der Waals surface area contributed by atoms with Gasteiger partial charge in [-0.2, -0.15) is 0 Å². The van der Waals surface area contributed by atoms with E-state index in [9.17, 15) is 0 Å². The van der Waals surface area contributed by atoms with Crippen molar-refractivity contribution >= 4 is 80.8 Å². The largest absolute Gasteiger partial charge is 0.115 e. The highest BCUT2D eigenvalue weighted by atomic mass is 35.5. The van der Waals surface area contributed by atoms with Gasteiger partial charge in [-0.25, -0.2) is 0 Å². The average Bonchev–Trinajstić information content (AvgIpc) is 2.66. The summed E-state index contributed by atoms with van der Waals surface area (Å²) in [5.41, 5.74) is 1.83. The molecular formula is C10H6Cl4S3. The van der Waals surface area contributed by atoms with Crippen LogP contribution in [-0.2, 0) is 0 Å². The summed E-state index contributed by atoms with van der Waals surface area (Å²) in [6.45, 7) is 3.80. The van der Waals surface area contributed by atoms with Crippen LogP contribution in [0.1, 0.15) is 11.1 Å². The molecule has 2 aromatic heterocycles. The Bertz CT molecular complexity index is 520. The van der Waals surface area contributed by atoms with Crippen LogP contribution in [0.4, 0.5) is 0 Å². The summed E-state index contributed by atoms with van der Waals surface area (Å²) in [6.07, 6.45) is 0. The van der Waals surface area contributed by atoms with Crippen LogP contribution in [0.15, 0.2) is 8.42 Å². The van der Waals surface area contributed by atoms with Crippen molar-refractivity contribution in [2.45, 2.75) is 22.3 Å². The van der Waals surface area contributed by atoms with Gasteiger partial charge in [-0.3, -0.25) is 0 Å². The maximum absolute atomic E-state index is 6.20. The van der Waals surface area contributed by atoms with E-state index < -0.39 is 0 Å². The molecule has 0 radical (unpaired) electrons. The summed E-state index contributed by atoms with van der Waals surface area (Å²) >= 11 is 28.9. The first-order valence-corrected chi connectivity index (χ1v) is 8.44. The van der Waals surface area contributed by atoms with Crippen LogP contribution in [-0.4, -0.2) is 0 Å². The highest BCUT2D eigenvalue weighted by molar-refractivity contribution is 8.03. The number of halogens is 4. The van der Waals surface area contributed by atoms with E-state index in [-0.39, 0.29) is 0 Å². The lowest BCUT2D eigenvalue weighted by Crippen LogP contribution is -1.69. The molecule has 2 aromatic rings. The zero-order chi connectivity index (χ0) is 12.7. The van der Waals surface area contributed by atoms with Gasteiger partial charge in [0.2, 0.25) is 0 Å². The molecule has 2 heterocycles. The van der Waals surface area contributed by atoms with Gasteiger partial charge in [-0.1, -0.05) is 58.2 Å². The molecule has 0 aliphatic rings.